The van der Waals surface area contributed by atoms with Crippen LogP contribution in [-0.4, -0.2) is 15.0 Å². The molecule has 0 unspecified atom stereocenters. The van der Waals surface area contributed by atoms with Crippen molar-refractivity contribution in [2.24, 2.45) is 0 Å². The summed E-state index contributed by atoms with van der Waals surface area (Å²) in [7, 11) is 0. The lowest BCUT2D eigenvalue weighted by molar-refractivity contribution is 1.18. The van der Waals surface area contributed by atoms with Gasteiger partial charge in [0.2, 0.25) is 0 Å². The van der Waals surface area contributed by atoms with Gasteiger partial charge in [-0.25, -0.2) is 9.97 Å². The van der Waals surface area contributed by atoms with Crippen molar-refractivity contribution in [3.8, 4) is 78.5 Å². The van der Waals surface area contributed by atoms with Crippen LogP contribution in [0.25, 0.3) is 100 Å². The molecular weight excluding hydrogens is 691 g/mol. The molecule has 10 rings (SSSR count). The number of benzene rings is 8. The predicted octanol–water partition coefficient (Wildman–Crippen LogP) is 14.2. The third-order valence-electron chi connectivity index (χ3n) is 10.7. The Labute approximate surface area is 332 Å². The van der Waals surface area contributed by atoms with E-state index in [9.17, 15) is 0 Å². The Balaban J connectivity index is 1.15. The first-order chi connectivity index (χ1) is 28.1. The number of aromatic nitrogens is 3. The predicted molar refractivity (Wildman–Crippen MR) is 238 cm³/mol. The number of pyridine rings is 1. The second kappa shape index (κ2) is 14.6. The number of nitrogens with zero attached hydrogens (tertiary/aromatic N) is 3. The van der Waals surface area contributed by atoms with E-state index >= 15 is 0 Å². The fraction of sp³-hybridized carbons (Fsp3) is 0.0185. The zero-order valence-electron chi connectivity index (χ0n) is 31.5. The maximum atomic E-state index is 5.26. The summed E-state index contributed by atoms with van der Waals surface area (Å²) in [5.41, 5.74) is 14.7. The van der Waals surface area contributed by atoms with E-state index in [1.807, 2.05) is 25.1 Å². The van der Waals surface area contributed by atoms with Crippen molar-refractivity contribution in [2.45, 2.75) is 6.92 Å². The van der Waals surface area contributed by atoms with E-state index in [1.54, 1.807) is 0 Å². The van der Waals surface area contributed by atoms with E-state index in [0.717, 1.165) is 72.8 Å². The number of hydrogen-bond donors (Lipinski definition) is 0. The van der Waals surface area contributed by atoms with Gasteiger partial charge in [0.25, 0.3) is 0 Å². The summed E-state index contributed by atoms with van der Waals surface area (Å²) < 4.78 is 0. The summed E-state index contributed by atoms with van der Waals surface area (Å²) in [5, 5.41) is 4.90. The molecule has 2 aromatic heterocycles. The molecule has 10 aromatic rings. The average Bonchev–Trinajstić information content (AvgIpc) is 3.29. The summed E-state index contributed by atoms with van der Waals surface area (Å²) in [6.07, 6.45) is 0. The summed E-state index contributed by atoms with van der Waals surface area (Å²) in [6, 6.07) is 73.1. The SMILES string of the molecule is Cc1cccc(-c2cccc(-c3ccc(-c4cc(-c5nc(-c6ccccc6)cc(-c6ccccc6)n5)cc(-c5cc6ccccc6c6ccccc56)c4)cc3)c2)n1. The highest BCUT2D eigenvalue weighted by molar-refractivity contribution is 6.14. The number of hydrogen-bond acceptors (Lipinski definition) is 3. The van der Waals surface area contributed by atoms with Gasteiger partial charge in [-0.1, -0.05) is 158 Å². The van der Waals surface area contributed by atoms with Crippen LogP contribution < -0.4 is 0 Å². The van der Waals surface area contributed by atoms with E-state index in [2.05, 4.69) is 188 Å². The maximum Gasteiger partial charge on any atom is 0.160 e. The zero-order chi connectivity index (χ0) is 38.1. The van der Waals surface area contributed by atoms with Gasteiger partial charge in [0.15, 0.2) is 5.82 Å². The van der Waals surface area contributed by atoms with E-state index in [4.69, 9.17) is 15.0 Å². The quantitative estimate of drug-likeness (QED) is 0.153. The fourth-order valence-electron chi connectivity index (χ4n) is 7.88. The van der Waals surface area contributed by atoms with Gasteiger partial charge < -0.3 is 0 Å². The van der Waals surface area contributed by atoms with Crippen molar-refractivity contribution >= 4 is 21.5 Å². The van der Waals surface area contributed by atoms with Crippen LogP contribution >= 0.6 is 0 Å². The molecule has 0 bridgehead atoms. The minimum Gasteiger partial charge on any atom is -0.253 e. The lowest BCUT2D eigenvalue weighted by Crippen LogP contribution is -1.97. The molecule has 0 fully saturated rings. The largest absolute Gasteiger partial charge is 0.253 e. The van der Waals surface area contributed by atoms with E-state index < -0.39 is 0 Å². The van der Waals surface area contributed by atoms with Crippen LogP contribution in [0.2, 0.25) is 0 Å². The molecule has 8 aromatic carbocycles. The molecule has 3 nitrogen and oxygen atoms in total. The van der Waals surface area contributed by atoms with Crippen molar-refractivity contribution in [3.63, 3.8) is 0 Å². The van der Waals surface area contributed by atoms with Gasteiger partial charge in [-0.2, -0.15) is 0 Å². The van der Waals surface area contributed by atoms with Crippen LogP contribution in [0.3, 0.4) is 0 Å². The Morgan fingerprint density at radius 2 is 0.807 bits per heavy atom. The highest BCUT2D eigenvalue weighted by Gasteiger charge is 2.16. The standard InChI is InChI=1S/C54H37N3/c1-36-14-12-25-51(55-36)43-21-13-20-41(30-43)37-26-28-38(29-27-37)44-31-45(50-34-42-19-8-9-22-47(42)48-23-10-11-24-49(48)50)33-46(32-44)54-56-52(39-15-4-2-5-16-39)35-53(57-54)40-17-6-3-7-18-40/h2-35H,1H3. The van der Waals surface area contributed by atoms with Gasteiger partial charge >= 0.3 is 0 Å². The molecule has 3 heteroatoms. The molecule has 0 radical (unpaired) electrons. The molecule has 0 amide bonds. The lowest BCUT2D eigenvalue weighted by atomic mass is 9.90. The highest BCUT2D eigenvalue weighted by atomic mass is 14.9. The molecule has 0 saturated heterocycles. The second-order valence-corrected chi connectivity index (χ2v) is 14.5. The number of aryl methyl sites for hydroxylation is 1. The molecule has 2 heterocycles. The summed E-state index contributed by atoms with van der Waals surface area (Å²) >= 11 is 0. The molecule has 0 aliphatic rings. The van der Waals surface area contributed by atoms with Crippen LogP contribution in [0.5, 0.6) is 0 Å². The number of fused-ring (bicyclic) bond motifs is 3. The summed E-state index contributed by atoms with van der Waals surface area (Å²) in [5.74, 6) is 0.682. The van der Waals surface area contributed by atoms with Crippen molar-refractivity contribution in [3.05, 3.63) is 212 Å². The first-order valence-electron chi connectivity index (χ1n) is 19.3. The Morgan fingerprint density at radius 3 is 1.51 bits per heavy atom. The Kier molecular flexibility index (Phi) is 8.74. The summed E-state index contributed by atoms with van der Waals surface area (Å²) in [6.45, 7) is 2.03. The van der Waals surface area contributed by atoms with Crippen LogP contribution in [0.15, 0.2) is 206 Å². The minimum absolute atomic E-state index is 0.682. The summed E-state index contributed by atoms with van der Waals surface area (Å²) in [4.78, 5) is 15.3. The number of rotatable bonds is 7. The maximum absolute atomic E-state index is 5.26. The van der Waals surface area contributed by atoms with Crippen LogP contribution in [0, 0.1) is 6.92 Å². The third kappa shape index (κ3) is 6.77. The Hall–Kier alpha value is -7.49. The van der Waals surface area contributed by atoms with E-state index in [1.165, 1.54) is 27.1 Å². The fourth-order valence-corrected chi connectivity index (χ4v) is 7.88. The second-order valence-electron chi connectivity index (χ2n) is 14.5. The average molecular weight is 728 g/mol. The molecule has 0 atom stereocenters. The topological polar surface area (TPSA) is 38.7 Å². The van der Waals surface area contributed by atoms with Crippen molar-refractivity contribution < 1.29 is 0 Å². The highest BCUT2D eigenvalue weighted by Crippen LogP contribution is 2.40. The van der Waals surface area contributed by atoms with Gasteiger partial charge in [-0.15, -0.1) is 0 Å². The van der Waals surface area contributed by atoms with Crippen molar-refractivity contribution in [1.82, 2.24) is 15.0 Å². The van der Waals surface area contributed by atoms with E-state index in [0.29, 0.717) is 5.82 Å². The molecular formula is C54H37N3. The molecule has 57 heavy (non-hydrogen) atoms. The third-order valence-corrected chi connectivity index (χ3v) is 10.7. The molecule has 0 aliphatic carbocycles. The molecule has 0 aliphatic heterocycles. The normalized spacial score (nSPS) is 11.2. The van der Waals surface area contributed by atoms with Gasteiger partial charge in [-0.3, -0.25) is 4.98 Å². The van der Waals surface area contributed by atoms with Gasteiger partial charge in [0, 0.05) is 27.9 Å². The molecule has 0 saturated carbocycles. The minimum atomic E-state index is 0.682. The van der Waals surface area contributed by atoms with Crippen LogP contribution in [0.1, 0.15) is 5.69 Å². The molecule has 268 valence electrons. The molecule has 0 N–H and O–H groups in total. The zero-order valence-corrected chi connectivity index (χ0v) is 31.5. The van der Waals surface area contributed by atoms with Gasteiger partial charge in [0.05, 0.1) is 17.1 Å². The van der Waals surface area contributed by atoms with E-state index in [-0.39, 0.29) is 0 Å². The van der Waals surface area contributed by atoms with Crippen molar-refractivity contribution in [1.29, 1.82) is 0 Å². The Bertz CT molecular complexity index is 3000. The van der Waals surface area contributed by atoms with Crippen LogP contribution in [0.4, 0.5) is 0 Å². The first-order valence-corrected chi connectivity index (χ1v) is 19.3. The van der Waals surface area contributed by atoms with Gasteiger partial charge in [0.1, 0.15) is 0 Å². The van der Waals surface area contributed by atoms with Crippen molar-refractivity contribution in [2.75, 3.05) is 0 Å². The monoisotopic (exact) mass is 727 g/mol. The molecule has 0 spiro atoms. The smallest absolute Gasteiger partial charge is 0.160 e. The van der Waals surface area contributed by atoms with Crippen LogP contribution in [-0.2, 0) is 0 Å². The first kappa shape index (κ1) is 34.0. The van der Waals surface area contributed by atoms with Gasteiger partial charge in [-0.05, 0) is 110 Å². The lowest BCUT2D eigenvalue weighted by Gasteiger charge is -2.15. The Morgan fingerprint density at radius 1 is 0.281 bits per heavy atom.